The van der Waals surface area contributed by atoms with E-state index >= 15 is 0 Å². The van der Waals surface area contributed by atoms with Crippen molar-refractivity contribution in [1.29, 1.82) is 0 Å². The number of rotatable bonds is 3. The quantitative estimate of drug-likeness (QED) is 0.884. The Balaban J connectivity index is 2.18. The van der Waals surface area contributed by atoms with E-state index in [1.165, 1.54) is 12.1 Å². The van der Waals surface area contributed by atoms with Gasteiger partial charge in [0.1, 0.15) is 5.82 Å². The molecule has 2 rings (SSSR count). The van der Waals surface area contributed by atoms with Gasteiger partial charge in [-0.05, 0) is 31.4 Å². The summed E-state index contributed by atoms with van der Waals surface area (Å²) in [4.78, 5) is 11.9. The molecular weight excluding hydrogens is 229 g/mol. The summed E-state index contributed by atoms with van der Waals surface area (Å²) in [6, 6.07) is 4.41. The molecule has 1 aliphatic rings. The van der Waals surface area contributed by atoms with Gasteiger partial charge in [0.25, 0.3) is 0 Å². The lowest BCUT2D eigenvalue weighted by atomic mass is 9.73. The van der Waals surface area contributed by atoms with Gasteiger partial charge < -0.3 is 5.73 Å². The topological polar surface area (TPSA) is 43.1 Å². The predicted molar refractivity (Wildman–Crippen MR) is 60.9 cm³/mol. The van der Waals surface area contributed by atoms with Gasteiger partial charge in [0, 0.05) is 17.0 Å². The van der Waals surface area contributed by atoms with Crippen LogP contribution in [-0.2, 0) is 11.2 Å². The number of halogens is 2. The van der Waals surface area contributed by atoms with Gasteiger partial charge in [-0.25, -0.2) is 4.39 Å². The molecule has 0 saturated heterocycles. The number of hydrogen-bond donors (Lipinski definition) is 1. The largest absolute Gasteiger partial charge is 0.319 e. The van der Waals surface area contributed by atoms with E-state index in [4.69, 9.17) is 17.3 Å². The number of benzene rings is 1. The van der Waals surface area contributed by atoms with Crippen LogP contribution in [0.2, 0.25) is 5.02 Å². The molecule has 1 aromatic rings. The Labute approximate surface area is 98.6 Å². The van der Waals surface area contributed by atoms with Gasteiger partial charge in [-0.15, -0.1) is 0 Å². The highest BCUT2D eigenvalue weighted by molar-refractivity contribution is 6.31. The zero-order valence-corrected chi connectivity index (χ0v) is 9.56. The van der Waals surface area contributed by atoms with Crippen molar-refractivity contribution in [2.75, 3.05) is 0 Å². The molecule has 0 atom stereocenters. The first-order valence-electron chi connectivity index (χ1n) is 5.28. The van der Waals surface area contributed by atoms with Crippen molar-refractivity contribution in [1.82, 2.24) is 0 Å². The summed E-state index contributed by atoms with van der Waals surface area (Å²) in [5.74, 6) is -0.561. The van der Waals surface area contributed by atoms with E-state index in [0.717, 1.165) is 6.42 Å². The summed E-state index contributed by atoms with van der Waals surface area (Å²) < 4.78 is 13.4. The highest BCUT2D eigenvalue weighted by atomic mass is 35.5. The summed E-state index contributed by atoms with van der Waals surface area (Å²) in [5, 5.41) is 0.288. The van der Waals surface area contributed by atoms with Gasteiger partial charge >= 0.3 is 0 Å². The maximum Gasteiger partial charge on any atom is 0.157 e. The molecule has 0 amide bonds. The maximum atomic E-state index is 13.4. The van der Waals surface area contributed by atoms with Gasteiger partial charge in [0.05, 0.1) is 5.54 Å². The number of carbonyl (C=O) groups is 1. The van der Waals surface area contributed by atoms with Crippen LogP contribution in [0.5, 0.6) is 0 Å². The Morgan fingerprint density at radius 3 is 2.69 bits per heavy atom. The molecule has 1 aromatic carbocycles. The second kappa shape index (κ2) is 4.15. The van der Waals surface area contributed by atoms with Crippen LogP contribution in [0.15, 0.2) is 18.2 Å². The predicted octanol–water partition coefficient (Wildman–Crippen LogP) is 2.47. The molecule has 2 N–H and O–H groups in total. The number of nitrogens with two attached hydrogens (primary N) is 1. The molecule has 0 unspecified atom stereocenters. The summed E-state index contributed by atoms with van der Waals surface area (Å²) in [6.07, 6.45) is 2.34. The van der Waals surface area contributed by atoms with Crippen molar-refractivity contribution < 1.29 is 9.18 Å². The summed E-state index contributed by atoms with van der Waals surface area (Å²) in [5.41, 5.74) is 5.39. The zero-order chi connectivity index (χ0) is 11.8. The molecule has 1 saturated carbocycles. The molecule has 1 aliphatic carbocycles. The normalized spacial score (nSPS) is 17.9. The van der Waals surface area contributed by atoms with Gasteiger partial charge in [-0.1, -0.05) is 17.7 Å². The average molecular weight is 242 g/mol. The molecule has 0 heterocycles. The maximum absolute atomic E-state index is 13.4. The minimum absolute atomic E-state index is 0.0119. The van der Waals surface area contributed by atoms with Crippen LogP contribution in [-0.4, -0.2) is 11.3 Å². The highest BCUT2D eigenvalue weighted by Gasteiger charge is 2.39. The lowest BCUT2D eigenvalue weighted by Gasteiger charge is -2.36. The molecule has 0 aromatic heterocycles. The van der Waals surface area contributed by atoms with Gasteiger partial charge in [0.2, 0.25) is 0 Å². The minimum atomic E-state index is -0.744. The van der Waals surface area contributed by atoms with E-state index in [0.29, 0.717) is 12.8 Å². The van der Waals surface area contributed by atoms with Crippen LogP contribution in [0.4, 0.5) is 4.39 Å². The Morgan fingerprint density at radius 1 is 1.50 bits per heavy atom. The van der Waals surface area contributed by atoms with Crippen LogP contribution in [0, 0.1) is 5.82 Å². The Morgan fingerprint density at radius 2 is 2.19 bits per heavy atom. The van der Waals surface area contributed by atoms with Gasteiger partial charge in [-0.3, -0.25) is 4.79 Å². The second-order valence-electron chi connectivity index (χ2n) is 4.31. The van der Waals surface area contributed by atoms with Crippen molar-refractivity contribution >= 4 is 17.4 Å². The smallest absolute Gasteiger partial charge is 0.157 e. The van der Waals surface area contributed by atoms with Crippen molar-refractivity contribution in [2.45, 2.75) is 31.2 Å². The van der Waals surface area contributed by atoms with E-state index in [1.807, 2.05) is 0 Å². The van der Waals surface area contributed by atoms with Crippen LogP contribution >= 0.6 is 11.6 Å². The molecule has 0 radical (unpaired) electrons. The fourth-order valence-corrected chi connectivity index (χ4v) is 2.10. The fourth-order valence-electron chi connectivity index (χ4n) is 1.87. The Kier molecular flexibility index (Phi) is 3.00. The van der Waals surface area contributed by atoms with Crippen LogP contribution < -0.4 is 5.73 Å². The number of carbonyl (C=O) groups excluding carboxylic acids is 1. The molecule has 16 heavy (non-hydrogen) atoms. The van der Waals surface area contributed by atoms with Crippen molar-refractivity contribution in [3.8, 4) is 0 Å². The third-order valence-electron chi connectivity index (χ3n) is 3.20. The summed E-state index contributed by atoms with van der Waals surface area (Å²) >= 11 is 5.85. The molecule has 86 valence electrons. The molecule has 1 fully saturated rings. The van der Waals surface area contributed by atoms with Crippen molar-refractivity contribution in [2.24, 2.45) is 5.73 Å². The molecule has 0 bridgehead atoms. The van der Waals surface area contributed by atoms with E-state index in [1.54, 1.807) is 6.07 Å². The van der Waals surface area contributed by atoms with Gasteiger partial charge in [-0.2, -0.15) is 0 Å². The Hall–Kier alpha value is -0.930. The van der Waals surface area contributed by atoms with Crippen molar-refractivity contribution in [3.63, 3.8) is 0 Å². The Bertz CT molecular complexity index is 409. The van der Waals surface area contributed by atoms with Crippen molar-refractivity contribution in [3.05, 3.63) is 34.6 Å². The molecule has 4 heteroatoms. The SMILES string of the molecule is NC1(C(=O)Cc2c(F)cccc2Cl)CCC1. The third-order valence-corrected chi connectivity index (χ3v) is 3.55. The number of hydrogen-bond acceptors (Lipinski definition) is 2. The average Bonchev–Trinajstić information content (AvgIpc) is 2.20. The minimum Gasteiger partial charge on any atom is -0.319 e. The lowest BCUT2D eigenvalue weighted by Crippen LogP contribution is -2.54. The van der Waals surface area contributed by atoms with E-state index < -0.39 is 11.4 Å². The number of Topliss-reactive ketones (excluding diaryl/α,β-unsaturated/α-hetero) is 1. The van der Waals surface area contributed by atoms with Crippen LogP contribution in [0.3, 0.4) is 0 Å². The summed E-state index contributed by atoms with van der Waals surface area (Å²) in [6.45, 7) is 0. The fraction of sp³-hybridized carbons (Fsp3) is 0.417. The van der Waals surface area contributed by atoms with E-state index in [2.05, 4.69) is 0 Å². The second-order valence-corrected chi connectivity index (χ2v) is 4.72. The standard InChI is InChI=1S/C12H13ClFNO/c13-9-3-1-4-10(14)8(9)7-11(16)12(15)5-2-6-12/h1,3-4H,2,5-7,15H2. The molecule has 0 spiro atoms. The zero-order valence-electron chi connectivity index (χ0n) is 8.80. The van der Waals surface area contributed by atoms with Crippen LogP contribution in [0.1, 0.15) is 24.8 Å². The monoisotopic (exact) mass is 241 g/mol. The van der Waals surface area contributed by atoms with Gasteiger partial charge in [0.15, 0.2) is 5.78 Å². The molecule has 0 aliphatic heterocycles. The molecular formula is C12H13ClFNO. The number of ketones is 1. The summed E-state index contributed by atoms with van der Waals surface area (Å²) in [7, 11) is 0. The van der Waals surface area contributed by atoms with Crippen LogP contribution in [0.25, 0.3) is 0 Å². The lowest BCUT2D eigenvalue weighted by molar-refractivity contribution is -0.126. The first-order valence-corrected chi connectivity index (χ1v) is 5.66. The van der Waals surface area contributed by atoms with E-state index in [9.17, 15) is 9.18 Å². The first kappa shape index (κ1) is 11.6. The third kappa shape index (κ3) is 1.97. The van der Waals surface area contributed by atoms with E-state index in [-0.39, 0.29) is 22.8 Å². The highest BCUT2D eigenvalue weighted by Crippen LogP contribution is 2.32. The first-order chi connectivity index (χ1) is 7.53. The molecule has 2 nitrogen and oxygen atoms in total.